The third kappa shape index (κ3) is 3.38. The maximum Gasteiger partial charge on any atom is 0.227 e. The average molecular weight is 196 g/mol. The lowest BCUT2D eigenvalue weighted by Gasteiger charge is -2.02. The van der Waals surface area contributed by atoms with Crippen molar-refractivity contribution in [2.24, 2.45) is 5.73 Å². The van der Waals surface area contributed by atoms with E-state index in [1.54, 1.807) is 0 Å². The smallest absolute Gasteiger partial charge is 0.227 e. The molecule has 3 nitrogen and oxygen atoms in total. The van der Waals surface area contributed by atoms with Crippen LogP contribution in [0, 0.1) is 0 Å². The van der Waals surface area contributed by atoms with E-state index in [2.05, 4.69) is 5.32 Å². The summed E-state index contributed by atoms with van der Waals surface area (Å²) in [5.74, 6) is 0.0348. The number of hydrogen-bond acceptors (Lipinski definition) is 3. The van der Waals surface area contributed by atoms with Gasteiger partial charge in [0.1, 0.15) is 0 Å². The Hall–Kier alpha value is -1.16. The van der Waals surface area contributed by atoms with E-state index in [1.165, 1.54) is 11.8 Å². The van der Waals surface area contributed by atoms with Gasteiger partial charge in [-0.3, -0.25) is 4.79 Å². The molecule has 13 heavy (non-hydrogen) atoms. The Morgan fingerprint density at radius 3 is 3.00 bits per heavy atom. The highest BCUT2D eigenvalue weighted by atomic mass is 32.2. The van der Waals surface area contributed by atoms with Gasteiger partial charge in [-0.25, -0.2) is 0 Å². The van der Waals surface area contributed by atoms with E-state index in [4.69, 9.17) is 5.73 Å². The second-order valence-corrected chi connectivity index (χ2v) is 3.58. The SMILES string of the molecule is CNc1cccc(SCC(N)=O)c1. The molecule has 3 N–H and O–H groups in total. The molecular weight excluding hydrogens is 184 g/mol. The molecule has 70 valence electrons. The summed E-state index contributed by atoms with van der Waals surface area (Å²) in [6.07, 6.45) is 0. The molecule has 0 spiro atoms. The molecule has 4 heteroatoms. The van der Waals surface area contributed by atoms with Crippen LogP contribution in [0.25, 0.3) is 0 Å². The highest BCUT2D eigenvalue weighted by molar-refractivity contribution is 8.00. The lowest BCUT2D eigenvalue weighted by Crippen LogP contribution is -2.12. The van der Waals surface area contributed by atoms with Crippen molar-refractivity contribution < 1.29 is 4.79 Å². The third-order valence-corrected chi connectivity index (χ3v) is 2.52. The molecule has 0 aliphatic heterocycles. The van der Waals surface area contributed by atoms with Crippen LogP contribution in [0.3, 0.4) is 0 Å². The topological polar surface area (TPSA) is 55.1 Å². The van der Waals surface area contributed by atoms with Gasteiger partial charge in [0.25, 0.3) is 0 Å². The van der Waals surface area contributed by atoms with Crippen molar-refractivity contribution in [2.45, 2.75) is 4.90 Å². The number of carbonyl (C=O) groups excluding carboxylic acids is 1. The van der Waals surface area contributed by atoms with E-state index in [1.807, 2.05) is 31.3 Å². The summed E-state index contributed by atoms with van der Waals surface area (Å²) in [5, 5.41) is 3.03. The van der Waals surface area contributed by atoms with Crippen molar-refractivity contribution in [1.82, 2.24) is 0 Å². The van der Waals surface area contributed by atoms with E-state index in [0.29, 0.717) is 5.75 Å². The largest absolute Gasteiger partial charge is 0.388 e. The normalized spacial score (nSPS) is 9.62. The Balaban J connectivity index is 2.61. The number of nitrogens with two attached hydrogens (primary N) is 1. The monoisotopic (exact) mass is 196 g/mol. The van der Waals surface area contributed by atoms with Crippen molar-refractivity contribution in [3.05, 3.63) is 24.3 Å². The van der Waals surface area contributed by atoms with Crippen molar-refractivity contribution >= 4 is 23.4 Å². The molecule has 0 fully saturated rings. The lowest BCUT2D eigenvalue weighted by molar-refractivity contribution is -0.115. The fourth-order valence-electron chi connectivity index (χ4n) is 0.896. The number of nitrogens with one attached hydrogen (secondary N) is 1. The molecule has 0 saturated heterocycles. The molecule has 1 rings (SSSR count). The summed E-state index contributed by atoms with van der Waals surface area (Å²) in [7, 11) is 1.86. The molecule has 1 aromatic carbocycles. The first-order chi connectivity index (χ1) is 6.22. The summed E-state index contributed by atoms with van der Waals surface area (Å²) in [4.78, 5) is 11.6. The van der Waals surface area contributed by atoms with Crippen LogP contribution in [0.15, 0.2) is 29.2 Å². The summed E-state index contributed by atoms with van der Waals surface area (Å²) < 4.78 is 0. The quantitative estimate of drug-likeness (QED) is 0.714. The predicted octanol–water partition coefficient (Wildman–Crippen LogP) is 1.31. The van der Waals surface area contributed by atoms with Crippen LogP contribution >= 0.6 is 11.8 Å². The minimum absolute atomic E-state index is 0.292. The molecular formula is C9H12N2OS. The van der Waals surface area contributed by atoms with Crippen molar-refractivity contribution in [3.63, 3.8) is 0 Å². The number of thioether (sulfide) groups is 1. The van der Waals surface area contributed by atoms with Gasteiger partial charge in [-0.1, -0.05) is 6.07 Å². The standard InChI is InChI=1S/C9H12N2OS/c1-11-7-3-2-4-8(5-7)13-6-9(10)12/h2-5,11H,6H2,1H3,(H2,10,12). The molecule has 0 bridgehead atoms. The van der Waals surface area contributed by atoms with Crippen LogP contribution in [0.1, 0.15) is 0 Å². The Labute approximate surface area is 81.7 Å². The van der Waals surface area contributed by atoms with Crippen LogP contribution in [0.2, 0.25) is 0 Å². The highest BCUT2D eigenvalue weighted by Crippen LogP contribution is 2.20. The van der Waals surface area contributed by atoms with Gasteiger partial charge in [-0.05, 0) is 18.2 Å². The average Bonchev–Trinajstić information content (AvgIpc) is 2.15. The van der Waals surface area contributed by atoms with Crippen molar-refractivity contribution in [2.75, 3.05) is 18.1 Å². The van der Waals surface area contributed by atoms with Gasteiger partial charge in [0.05, 0.1) is 5.75 Å². The number of anilines is 1. The van der Waals surface area contributed by atoms with Crippen LogP contribution in [0.5, 0.6) is 0 Å². The number of carbonyl (C=O) groups is 1. The van der Waals surface area contributed by atoms with Gasteiger partial charge < -0.3 is 11.1 Å². The third-order valence-electron chi connectivity index (χ3n) is 1.50. The fraction of sp³-hybridized carbons (Fsp3) is 0.222. The highest BCUT2D eigenvalue weighted by Gasteiger charge is 1.98. The minimum atomic E-state index is -0.292. The molecule has 0 radical (unpaired) electrons. The van der Waals surface area contributed by atoms with Crippen LogP contribution < -0.4 is 11.1 Å². The zero-order valence-electron chi connectivity index (χ0n) is 7.41. The first-order valence-corrected chi connectivity index (χ1v) is 4.90. The Kier molecular flexibility index (Phi) is 3.64. The molecule has 0 saturated carbocycles. The Morgan fingerprint density at radius 2 is 2.38 bits per heavy atom. The molecule has 1 aromatic rings. The number of hydrogen-bond donors (Lipinski definition) is 2. The van der Waals surface area contributed by atoms with E-state index >= 15 is 0 Å². The van der Waals surface area contributed by atoms with E-state index in [-0.39, 0.29) is 5.91 Å². The van der Waals surface area contributed by atoms with Gasteiger partial charge in [-0.2, -0.15) is 0 Å². The molecule has 1 amide bonds. The second-order valence-electron chi connectivity index (χ2n) is 2.53. The Morgan fingerprint density at radius 1 is 1.62 bits per heavy atom. The number of primary amides is 1. The summed E-state index contributed by atoms with van der Waals surface area (Å²) in [6.45, 7) is 0. The predicted molar refractivity (Wildman–Crippen MR) is 55.9 cm³/mol. The second kappa shape index (κ2) is 4.77. The van der Waals surface area contributed by atoms with Gasteiger partial charge in [-0.15, -0.1) is 11.8 Å². The van der Waals surface area contributed by atoms with E-state index in [9.17, 15) is 4.79 Å². The fourth-order valence-corrected chi connectivity index (χ4v) is 1.59. The van der Waals surface area contributed by atoms with Crippen molar-refractivity contribution in [1.29, 1.82) is 0 Å². The Bertz CT molecular complexity index is 301. The summed E-state index contributed by atoms with van der Waals surface area (Å²) in [5.41, 5.74) is 6.07. The maximum absolute atomic E-state index is 10.5. The van der Waals surface area contributed by atoms with E-state index in [0.717, 1.165) is 10.6 Å². The first kappa shape index (κ1) is 9.92. The molecule has 0 atom stereocenters. The molecule has 0 heterocycles. The summed E-state index contributed by atoms with van der Waals surface area (Å²) >= 11 is 1.44. The molecule has 0 aromatic heterocycles. The summed E-state index contributed by atoms with van der Waals surface area (Å²) in [6, 6.07) is 7.84. The van der Waals surface area contributed by atoms with E-state index < -0.39 is 0 Å². The lowest BCUT2D eigenvalue weighted by atomic mass is 10.3. The zero-order valence-corrected chi connectivity index (χ0v) is 8.23. The molecule has 0 aliphatic rings. The van der Waals surface area contributed by atoms with Crippen LogP contribution in [-0.2, 0) is 4.79 Å². The van der Waals surface area contributed by atoms with Crippen LogP contribution in [0.4, 0.5) is 5.69 Å². The van der Waals surface area contributed by atoms with Gasteiger partial charge in [0.2, 0.25) is 5.91 Å². The maximum atomic E-state index is 10.5. The molecule has 0 unspecified atom stereocenters. The van der Waals surface area contributed by atoms with Gasteiger partial charge >= 0.3 is 0 Å². The van der Waals surface area contributed by atoms with Gasteiger partial charge in [0.15, 0.2) is 0 Å². The van der Waals surface area contributed by atoms with Crippen molar-refractivity contribution in [3.8, 4) is 0 Å². The number of amides is 1. The van der Waals surface area contributed by atoms with Crippen LogP contribution in [-0.4, -0.2) is 18.7 Å². The number of rotatable bonds is 4. The minimum Gasteiger partial charge on any atom is -0.388 e. The zero-order chi connectivity index (χ0) is 9.68. The molecule has 0 aliphatic carbocycles. The van der Waals surface area contributed by atoms with Gasteiger partial charge in [0, 0.05) is 17.6 Å². The first-order valence-electron chi connectivity index (χ1n) is 3.91. The number of benzene rings is 1.